The Bertz CT molecular complexity index is 874. The monoisotopic (exact) mass is 412 g/mol. The van der Waals surface area contributed by atoms with Gasteiger partial charge in [-0.25, -0.2) is 9.37 Å². The number of carbonyl (C=O) groups excluding carboxylic acids is 1. The molecule has 1 aliphatic rings. The van der Waals surface area contributed by atoms with Crippen LogP contribution >= 0.6 is 0 Å². The van der Waals surface area contributed by atoms with E-state index in [9.17, 15) is 22.4 Å². The highest BCUT2D eigenvalue weighted by molar-refractivity contribution is 5.93. The third kappa shape index (κ3) is 5.11. The minimum absolute atomic E-state index is 0.000190. The zero-order valence-electron chi connectivity index (χ0n) is 15.2. The first-order valence-electron chi connectivity index (χ1n) is 8.91. The van der Waals surface area contributed by atoms with Crippen molar-refractivity contribution in [2.45, 2.75) is 43.7 Å². The van der Waals surface area contributed by atoms with Crippen LogP contribution in [0.2, 0.25) is 0 Å². The van der Waals surface area contributed by atoms with Crippen LogP contribution in [0.3, 0.4) is 0 Å². The summed E-state index contributed by atoms with van der Waals surface area (Å²) in [5.41, 5.74) is 10.5. The van der Waals surface area contributed by atoms with Gasteiger partial charge >= 0.3 is 6.18 Å². The maximum Gasteiger partial charge on any atom is 0.421 e. The molecule has 11 heteroatoms. The van der Waals surface area contributed by atoms with Crippen LogP contribution in [0.15, 0.2) is 30.5 Å². The van der Waals surface area contributed by atoms with Crippen molar-refractivity contribution >= 4 is 23.4 Å². The Balaban J connectivity index is 1.82. The van der Waals surface area contributed by atoms with Gasteiger partial charge in [0.1, 0.15) is 17.6 Å². The van der Waals surface area contributed by atoms with Gasteiger partial charge in [-0.2, -0.15) is 18.2 Å². The van der Waals surface area contributed by atoms with E-state index >= 15 is 0 Å². The van der Waals surface area contributed by atoms with Gasteiger partial charge in [0.2, 0.25) is 11.9 Å². The van der Waals surface area contributed by atoms with Gasteiger partial charge in [0, 0.05) is 36.0 Å². The summed E-state index contributed by atoms with van der Waals surface area (Å²) in [5.74, 6) is -1.12. The van der Waals surface area contributed by atoms with E-state index in [-0.39, 0.29) is 17.9 Å². The highest BCUT2D eigenvalue weighted by Crippen LogP contribution is 2.35. The maximum absolute atomic E-state index is 13.9. The van der Waals surface area contributed by atoms with Crippen molar-refractivity contribution in [1.29, 1.82) is 0 Å². The van der Waals surface area contributed by atoms with Crippen molar-refractivity contribution in [3.63, 3.8) is 0 Å². The number of halogens is 4. The lowest BCUT2D eigenvalue weighted by Gasteiger charge is -2.30. The Kier molecular flexibility index (Phi) is 5.87. The Morgan fingerprint density at radius 2 is 1.86 bits per heavy atom. The van der Waals surface area contributed by atoms with Crippen LogP contribution < -0.4 is 22.1 Å². The number of amides is 1. The van der Waals surface area contributed by atoms with Gasteiger partial charge in [-0.15, -0.1) is 0 Å². The molecule has 1 aromatic heterocycles. The zero-order chi connectivity index (χ0) is 21.2. The number of aromatic nitrogens is 2. The first-order chi connectivity index (χ1) is 13.6. The molecule has 29 heavy (non-hydrogen) atoms. The Morgan fingerprint density at radius 1 is 1.17 bits per heavy atom. The largest absolute Gasteiger partial charge is 0.421 e. The molecule has 1 saturated carbocycles. The lowest BCUT2D eigenvalue weighted by molar-refractivity contribution is -0.137. The van der Waals surface area contributed by atoms with E-state index in [1.165, 1.54) is 24.3 Å². The van der Waals surface area contributed by atoms with E-state index in [1.54, 1.807) is 0 Å². The van der Waals surface area contributed by atoms with Crippen LogP contribution in [0, 0.1) is 0 Å². The van der Waals surface area contributed by atoms with E-state index in [0.717, 1.165) is 0 Å². The molecule has 0 saturated heterocycles. The summed E-state index contributed by atoms with van der Waals surface area (Å²) < 4.78 is 53.9. The molecule has 1 aromatic carbocycles. The molecule has 1 amide bonds. The molecule has 3 atom stereocenters. The predicted octanol–water partition coefficient (Wildman–Crippen LogP) is 2.97. The number of benzene rings is 1. The number of hydrogen-bond acceptors (Lipinski definition) is 6. The fourth-order valence-electron chi connectivity index (χ4n) is 3.07. The third-order valence-electron chi connectivity index (χ3n) is 4.68. The summed E-state index contributed by atoms with van der Waals surface area (Å²) in [6, 6.07) is 4.82. The summed E-state index contributed by atoms with van der Waals surface area (Å²) >= 11 is 0. The van der Waals surface area contributed by atoms with Crippen molar-refractivity contribution in [2.24, 2.45) is 11.5 Å². The minimum Gasteiger partial charge on any atom is -0.367 e. The first kappa shape index (κ1) is 20.8. The normalized spacial score (nSPS) is 22.2. The van der Waals surface area contributed by atoms with Crippen molar-refractivity contribution in [3.05, 3.63) is 41.6 Å². The fraction of sp³-hybridized carbons (Fsp3) is 0.389. The number of alkyl halides is 4. The molecule has 7 nitrogen and oxygen atoms in total. The van der Waals surface area contributed by atoms with E-state index in [2.05, 4.69) is 20.6 Å². The third-order valence-corrected chi connectivity index (χ3v) is 4.68. The first-order valence-corrected chi connectivity index (χ1v) is 8.91. The van der Waals surface area contributed by atoms with Gasteiger partial charge in [-0.3, -0.25) is 4.79 Å². The van der Waals surface area contributed by atoms with Crippen molar-refractivity contribution < 1.29 is 22.4 Å². The zero-order valence-corrected chi connectivity index (χ0v) is 15.2. The fourth-order valence-corrected chi connectivity index (χ4v) is 3.07. The topological polar surface area (TPSA) is 119 Å². The van der Waals surface area contributed by atoms with Gasteiger partial charge in [0.15, 0.2) is 0 Å². The number of hydrogen-bond donors (Lipinski definition) is 4. The quantitative estimate of drug-likeness (QED) is 0.561. The van der Waals surface area contributed by atoms with E-state index in [4.69, 9.17) is 11.5 Å². The van der Waals surface area contributed by atoms with E-state index in [0.29, 0.717) is 24.7 Å². The average molecular weight is 412 g/mol. The van der Waals surface area contributed by atoms with Crippen molar-refractivity contribution in [2.75, 3.05) is 10.6 Å². The summed E-state index contributed by atoms with van der Waals surface area (Å²) in [6.07, 6.45) is -4.51. The van der Waals surface area contributed by atoms with Gasteiger partial charge in [0.25, 0.3) is 0 Å². The van der Waals surface area contributed by atoms with Crippen LogP contribution in [0.5, 0.6) is 0 Å². The number of nitrogens with zero attached hydrogens (tertiary/aromatic N) is 2. The Hall–Kier alpha value is -2.95. The number of anilines is 3. The van der Waals surface area contributed by atoms with Crippen LogP contribution in [0.1, 0.15) is 35.2 Å². The second-order valence-electron chi connectivity index (χ2n) is 6.85. The van der Waals surface area contributed by atoms with Gasteiger partial charge in [0.05, 0.1) is 0 Å². The Labute approximate surface area is 163 Å². The molecular weight excluding hydrogens is 392 g/mol. The molecular formula is C18H20F4N6O. The number of nitrogens with one attached hydrogen (secondary N) is 2. The molecule has 0 aliphatic heterocycles. The van der Waals surface area contributed by atoms with Crippen LogP contribution in [-0.4, -0.2) is 34.1 Å². The second kappa shape index (κ2) is 8.19. The van der Waals surface area contributed by atoms with Crippen LogP contribution in [0.4, 0.5) is 35.0 Å². The smallest absolute Gasteiger partial charge is 0.367 e. The molecule has 2 aromatic rings. The molecule has 1 heterocycles. The summed E-state index contributed by atoms with van der Waals surface area (Å²) in [6.45, 7) is 0. The molecule has 0 bridgehead atoms. The van der Waals surface area contributed by atoms with Crippen molar-refractivity contribution in [1.82, 2.24) is 9.97 Å². The molecule has 156 valence electrons. The number of primary amides is 1. The number of carbonyl (C=O) groups is 1. The average Bonchev–Trinajstić information content (AvgIpc) is 2.64. The number of rotatable bonds is 5. The molecule has 6 N–H and O–H groups in total. The molecule has 1 fully saturated rings. The summed E-state index contributed by atoms with van der Waals surface area (Å²) in [4.78, 5) is 18.7. The molecule has 3 rings (SSSR count). The lowest BCUT2D eigenvalue weighted by Crippen LogP contribution is -2.42. The van der Waals surface area contributed by atoms with Crippen LogP contribution in [-0.2, 0) is 6.18 Å². The molecule has 1 aliphatic carbocycles. The van der Waals surface area contributed by atoms with Gasteiger partial charge in [-0.1, -0.05) is 0 Å². The van der Waals surface area contributed by atoms with E-state index in [1.807, 2.05) is 0 Å². The van der Waals surface area contributed by atoms with Crippen molar-refractivity contribution in [3.8, 4) is 0 Å². The highest BCUT2D eigenvalue weighted by Gasteiger charge is 2.37. The van der Waals surface area contributed by atoms with Crippen LogP contribution in [0.25, 0.3) is 0 Å². The van der Waals surface area contributed by atoms with E-state index < -0.39 is 41.7 Å². The SMILES string of the molecule is NC(=O)c1ccc(Nc2ncc(C(F)(F)F)c(N[C@@H]3CC[C@H](N)[C@@H](F)C3)n2)cc1. The summed E-state index contributed by atoms with van der Waals surface area (Å²) in [7, 11) is 0. The standard InChI is InChI=1S/C18H20F4N6O/c19-13-7-11(5-6-14(13)23)26-16-12(18(20,21)22)8-25-17(28-16)27-10-3-1-9(2-4-10)15(24)29/h1-4,8,11,13-14H,5-7,23H2,(H2,24,29)(H2,25,26,27,28)/t11-,13+,14+/m1/s1. The molecule has 0 unspecified atom stereocenters. The molecule has 0 radical (unpaired) electrons. The predicted molar refractivity (Wildman–Crippen MR) is 99.4 cm³/mol. The second-order valence-corrected chi connectivity index (χ2v) is 6.85. The lowest BCUT2D eigenvalue weighted by atomic mass is 9.90. The summed E-state index contributed by atoms with van der Waals surface area (Å²) in [5, 5.41) is 5.46. The molecule has 0 spiro atoms. The van der Waals surface area contributed by atoms with Gasteiger partial charge in [-0.05, 0) is 37.1 Å². The van der Waals surface area contributed by atoms with Gasteiger partial charge < -0.3 is 22.1 Å². The number of nitrogens with two attached hydrogens (primary N) is 2. The minimum atomic E-state index is -4.68. The highest BCUT2D eigenvalue weighted by atomic mass is 19.4. The maximum atomic E-state index is 13.9. The Morgan fingerprint density at radius 3 is 2.45 bits per heavy atom.